The number of hydrogen-bond donors (Lipinski definition) is 2. The molecule has 5 rings (SSSR count). The van der Waals surface area contributed by atoms with Gasteiger partial charge in [0.05, 0.1) is 40.6 Å². The normalized spacial score (nSPS) is 16.5. The van der Waals surface area contributed by atoms with E-state index in [9.17, 15) is 0 Å². The molecule has 4 aromatic heterocycles. The molecule has 1 fully saturated rings. The summed E-state index contributed by atoms with van der Waals surface area (Å²) in [6.45, 7) is 2.38. The Bertz CT molecular complexity index is 1170. The van der Waals surface area contributed by atoms with Crippen LogP contribution in [0.1, 0.15) is 17.7 Å². The number of nitrogen functional groups attached to an aromatic ring is 1. The lowest BCUT2D eigenvalue weighted by molar-refractivity contribution is 0.0316. The minimum absolute atomic E-state index is 0.173. The number of nitrogens with zero attached hydrogens (tertiary/aromatic N) is 6. The van der Waals surface area contributed by atoms with Crippen molar-refractivity contribution in [2.24, 2.45) is 0 Å². The summed E-state index contributed by atoms with van der Waals surface area (Å²) in [4.78, 5) is 14.2. The summed E-state index contributed by atoms with van der Waals surface area (Å²) in [5, 5.41) is 8.54. The summed E-state index contributed by atoms with van der Waals surface area (Å²) in [6.07, 6.45) is 2.94. The molecule has 1 saturated heterocycles. The first-order chi connectivity index (χ1) is 14.7. The Morgan fingerprint density at radius 1 is 1.27 bits per heavy atom. The molecule has 0 bridgehead atoms. The Balaban J connectivity index is 1.36. The zero-order chi connectivity index (χ0) is 20.5. The maximum absolute atomic E-state index is 5.95. The summed E-state index contributed by atoms with van der Waals surface area (Å²) in [6, 6.07) is 7.81. The second kappa shape index (κ2) is 8.26. The van der Waals surface area contributed by atoms with E-state index in [1.807, 2.05) is 30.5 Å². The maximum atomic E-state index is 5.95. The van der Waals surface area contributed by atoms with Crippen LogP contribution in [0.5, 0.6) is 0 Å². The monoisotopic (exact) mass is 441 g/mol. The Labute approximate surface area is 181 Å². The van der Waals surface area contributed by atoms with E-state index in [0.717, 1.165) is 33.4 Å². The predicted octanol–water partition coefficient (Wildman–Crippen LogP) is 2.57. The summed E-state index contributed by atoms with van der Waals surface area (Å²) >= 11 is 5.88. The van der Waals surface area contributed by atoms with Gasteiger partial charge in [0.25, 0.3) is 0 Å². The van der Waals surface area contributed by atoms with Gasteiger partial charge in [-0.3, -0.25) is 4.98 Å². The SMILES string of the molecule is Nc1nc(-c2ccc(S)s2)c2nnn(Cc3ccc(COC4CCOC4)cn3)c2n1. The molecule has 0 amide bonds. The number of fused-ring (bicyclic) bond motifs is 1. The van der Waals surface area contributed by atoms with Gasteiger partial charge in [-0.2, -0.15) is 4.98 Å². The minimum atomic E-state index is 0.173. The van der Waals surface area contributed by atoms with Gasteiger partial charge in [-0.05, 0) is 30.2 Å². The van der Waals surface area contributed by atoms with E-state index < -0.39 is 0 Å². The number of anilines is 1. The topological polar surface area (TPSA) is 114 Å². The largest absolute Gasteiger partial charge is 0.379 e. The van der Waals surface area contributed by atoms with Crippen LogP contribution >= 0.6 is 24.0 Å². The second-order valence-electron chi connectivity index (χ2n) is 6.94. The average molecular weight is 442 g/mol. The zero-order valence-corrected chi connectivity index (χ0v) is 17.6. The van der Waals surface area contributed by atoms with Gasteiger partial charge in [0.15, 0.2) is 11.2 Å². The summed E-state index contributed by atoms with van der Waals surface area (Å²) in [5.41, 5.74) is 9.63. The lowest BCUT2D eigenvalue weighted by Gasteiger charge is -2.10. The van der Waals surface area contributed by atoms with Crippen LogP contribution in [0.3, 0.4) is 0 Å². The van der Waals surface area contributed by atoms with Crippen molar-refractivity contribution >= 4 is 41.1 Å². The smallest absolute Gasteiger partial charge is 0.222 e. The third kappa shape index (κ3) is 4.01. The van der Waals surface area contributed by atoms with Crippen molar-refractivity contribution in [2.75, 3.05) is 18.9 Å². The van der Waals surface area contributed by atoms with Crippen LogP contribution in [0.4, 0.5) is 5.95 Å². The molecular weight excluding hydrogens is 422 g/mol. The van der Waals surface area contributed by atoms with E-state index in [1.165, 1.54) is 11.3 Å². The van der Waals surface area contributed by atoms with Crippen LogP contribution in [-0.2, 0) is 22.6 Å². The molecule has 2 N–H and O–H groups in total. The van der Waals surface area contributed by atoms with Crippen LogP contribution in [0.25, 0.3) is 21.7 Å². The fourth-order valence-corrected chi connectivity index (χ4v) is 4.36. The van der Waals surface area contributed by atoms with Gasteiger partial charge in [-0.15, -0.1) is 29.1 Å². The highest BCUT2D eigenvalue weighted by atomic mass is 32.2. The quantitative estimate of drug-likeness (QED) is 0.439. The molecule has 9 nitrogen and oxygen atoms in total. The molecular formula is C19H19N7O2S2. The van der Waals surface area contributed by atoms with Gasteiger partial charge in [-0.1, -0.05) is 11.3 Å². The Morgan fingerprint density at radius 3 is 2.93 bits per heavy atom. The highest BCUT2D eigenvalue weighted by Crippen LogP contribution is 2.32. The Morgan fingerprint density at radius 2 is 2.20 bits per heavy atom. The number of nitrogens with two attached hydrogens (primary N) is 1. The van der Waals surface area contributed by atoms with Crippen molar-refractivity contribution in [1.82, 2.24) is 29.9 Å². The molecule has 1 aliphatic rings. The van der Waals surface area contributed by atoms with Crippen LogP contribution in [0.2, 0.25) is 0 Å². The third-order valence-corrected chi connectivity index (χ3v) is 6.09. The highest BCUT2D eigenvalue weighted by Gasteiger charge is 2.18. The van der Waals surface area contributed by atoms with Crippen molar-refractivity contribution in [1.29, 1.82) is 0 Å². The lowest BCUT2D eigenvalue weighted by atomic mass is 10.2. The number of thiophene rings is 1. The Hall–Kier alpha value is -2.60. The number of hydrogen-bond acceptors (Lipinski definition) is 10. The minimum Gasteiger partial charge on any atom is -0.379 e. The molecule has 5 heterocycles. The van der Waals surface area contributed by atoms with Crippen molar-refractivity contribution in [2.45, 2.75) is 29.9 Å². The molecule has 1 unspecified atom stereocenters. The van der Waals surface area contributed by atoms with Crippen molar-refractivity contribution in [3.05, 3.63) is 41.7 Å². The molecule has 0 aliphatic carbocycles. The van der Waals surface area contributed by atoms with Crippen molar-refractivity contribution in [3.63, 3.8) is 0 Å². The summed E-state index contributed by atoms with van der Waals surface area (Å²) in [5.74, 6) is 0.173. The van der Waals surface area contributed by atoms with Crippen molar-refractivity contribution in [3.8, 4) is 10.6 Å². The number of aromatic nitrogens is 6. The first-order valence-electron chi connectivity index (χ1n) is 9.45. The van der Waals surface area contributed by atoms with E-state index in [1.54, 1.807) is 4.68 Å². The first-order valence-corrected chi connectivity index (χ1v) is 10.7. The van der Waals surface area contributed by atoms with Gasteiger partial charge < -0.3 is 15.2 Å². The molecule has 1 atom stereocenters. The standard InChI is InChI=1S/C19H19N7O2S2/c20-19-22-16(14-3-4-15(29)30-14)17-18(23-19)26(25-24-17)8-12-2-1-11(7-21-12)9-28-13-5-6-27-10-13/h1-4,7,13,29H,5-6,8-10H2,(H2,20,22,23). The molecule has 4 aromatic rings. The number of ether oxygens (including phenoxy) is 2. The van der Waals surface area contributed by atoms with Gasteiger partial charge >= 0.3 is 0 Å². The highest BCUT2D eigenvalue weighted by molar-refractivity contribution is 7.83. The number of thiol groups is 1. The number of pyridine rings is 1. The lowest BCUT2D eigenvalue weighted by Crippen LogP contribution is -2.12. The molecule has 154 valence electrons. The van der Waals surface area contributed by atoms with Gasteiger partial charge in [0.2, 0.25) is 5.95 Å². The van der Waals surface area contributed by atoms with Crippen LogP contribution in [-0.4, -0.2) is 49.3 Å². The third-order valence-electron chi connectivity index (χ3n) is 4.78. The zero-order valence-electron chi connectivity index (χ0n) is 15.9. The van der Waals surface area contributed by atoms with E-state index >= 15 is 0 Å². The summed E-state index contributed by atoms with van der Waals surface area (Å²) in [7, 11) is 0. The molecule has 0 spiro atoms. The molecule has 30 heavy (non-hydrogen) atoms. The maximum Gasteiger partial charge on any atom is 0.222 e. The predicted molar refractivity (Wildman–Crippen MR) is 115 cm³/mol. The fourth-order valence-electron chi connectivity index (χ4n) is 3.25. The first kappa shape index (κ1) is 19.4. The second-order valence-corrected chi connectivity index (χ2v) is 8.81. The van der Waals surface area contributed by atoms with E-state index in [2.05, 4.69) is 37.9 Å². The van der Waals surface area contributed by atoms with Crippen molar-refractivity contribution < 1.29 is 9.47 Å². The number of rotatable bonds is 6. The fraction of sp³-hybridized carbons (Fsp3) is 0.316. The molecule has 1 aliphatic heterocycles. The van der Waals surface area contributed by atoms with Crippen LogP contribution in [0.15, 0.2) is 34.7 Å². The van der Waals surface area contributed by atoms with Crippen LogP contribution in [0, 0.1) is 0 Å². The average Bonchev–Trinajstić information content (AvgIpc) is 3.49. The molecule has 11 heteroatoms. The van der Waals surface area contributed by atoms with E-state index in [-0.39, 0.29) is 12.1 Å². The molecule has 0 saturated carbocycles. The Kier molecular flexibility index (Phi) is 5.34. The van der Waals surface area contributed by atoms with Gasteiger partial charge in [0, 0.05) is 12.8 Å². The van der Waals surface area contributed by atoms with E-state index in [4.69, 9.17) is 15.2 Å². The molecule has 0 aromatic carbocycles. The van der Waals surface area contributed by atoms with Gasteiger partial charge in [0.1, 0.15) is 5.69 Å². The van der Waals surface area contributed by atoms with E-state index in [0.29, 0.717) is 36.6 Å². The molecule has 0 radical (unpaired) electrons. The van der Waals surface area contributed by atoms with Crippen LogP contribution < -0.4 is 5.73 Å². The van der Waals surface area contributed by atoms with Gasteiger partial charge in [-0.25, -0.2) is 9.67 Å². The summed E-state index contributed by atoms with van der Waals surface area (Å²) < 4.78 is 13.7.